The SMILES string of the molecule is COc1cccc2c(C(=O)NCl)nccc12. The molecule has 0 bridgehead atoms. The summed E-state index contributed by atoms with van der Waals surface area (Å²) in [5.41, 5.74) is 0.284. The number of hydrogen-bond donors (Lipinski definition) is 1. The average molecular weight is 237 g/mol. The van der Waals surface area contributed by atoms with E-state index in [2.05, 4.69) is 4.98 Å². The molecule has 16 heavy (non-hydrogen) atoms. The number of halogens is 1. The summed E-state index contributed by atoms with van der Waals surface area (Å²) in [5.74, 6) is 0.268. The Morgan fingerprint density at radius 3 is 2.88 bits per heavy atom. The summed E-state index contributed by atoms with van der Waals surface area (Å²) in [7, 11) is 1.58. The van der Waals surface area contributed by atoms with Gasteiger partial charge >= 0.3 is 0 Å². The van der Waals surface area contributed by atoms with Gasteiger partial charge in [-0.2, -0.15) is 0 Å². The lowest BCUT2D eigenvalue weighted by atomic mass is 10.1. The number of nitrogens with zero attached hydrogens (tertiary/aromatic N) is 1. The predicted octanol–water partition coefficient (Wildman–Crippen LogP) is 2.13. The summed E-state index contributed by atoms with van der Waals surface area (Å²) < 4.78 is 5.20. The number of nitrogens with one attached hydrogen (secondary N) is 1. The number of aromatic nitrogens is 1. The van der Waals surface area contributed by atoms with E-state index < -0.39 is 5.91 Å². The van der Waals surface area contributed by atoms with Gasteiger partial charge in [-0.3, -0.25) is 14.6 Å². The van der Waals surface area contributed by atoms with Crippen LogP contribution in [0.2, 0.25) is 0 Å². The Labute approximate surface area is 97.3 Å². The van der Waals surface area contributed by atoms with E-state index in [9.17, 15) is 4.79 Å². The van der Waals surface area contributed by atoms with Gasteiger partial charge in [-0.25, -0.2) is 0 Å². The molecule has 1 heterocycles. The van der Waals surface area contributed by atoms with Gasteiger partial charge in [-0.15, -0.1) is 0 Å². The normalized spacial score (nSPS) is 10.1. The second-order valence-corrected chi connectivity index (χ2v) is 3.33. The molecule has 0 aliphatic rings. The van der Waals surface area contributed by atoms with Crippen LogP contribution < -0.4 is 9.57 Å². The third-order valence-electron chi connectivity index (χ3n) is 2.29. The maximum atomic E-state index is 11.5. The number of ether oxygens (including phenoxy) is 1. The number of pyridine rings is 1. The van der Waals surface area contributed by atoms with E-state index in [0.717, 1.165) is 5.39 Å². The number of methoxy groups -OCH3 is 1. The van der Waals surface area contributed by atoms with E-state index in [1.165, 1.54) is 0 Å². The van der Waals surface area contributed by atoms with Crippen LogP contribution in [0.4, 0.5) is 0 Å². The van der Waals surface area contributed by atoms with Crippen LogP contribution in [0, 0.1) is 0 Å². The third kappa shape index (κ3) is 1.67. The summed E-state index contributed by atoms with van der Waals surface area (Å²) in [5, 5.41) is 1.54. The molecule has 2 rings (SSSR count). The van der Waals surface area contributed by atoms with Crippen LogP contribution in [0.3, 0.4) is 0 Å². The third-order valence-corrected chi connectivity index (χ3v) is 2.46. The number of rotatable bonds is 2. The molecule has 0 aliphatic heterocycles. The van der Waals surface area contributed by atoms with Crippen LogP contribution in [-0.2, 0) is 0 Å². The molecule has 82 valence electrons. The second-order valence-electron chi connectivity index (χ2n) is 3.14. The van der Waals surface area contributed by atoms with Crippen LogP contribution in [0.25, 0.3) is 10.8 Å². The Morgan fingerprint density at radius 1 is 1.38 bits per heavy atom. The van der Waals surface area contributed by atoms with Gasteiger partial charge in [-0.05, 0) is 12.1 Å². The Hall–Kier alpha value is -1.81. The average Bonchev–Trinajstić information content (AvgIpc) is 2.36. The lowest BCUT2D eigenvalue weighted by Crippen LogP contribution is -2.14. The Balaban J connectivity index is 2.73. The topological polar surface area (TPSA) is 51.2 Å². The standard InChI is InChI=1S/C11H9ClN2O2/c1-16-9-4-2-3-8-7(9)5-6-13-10(8)11(15)14-12/h2-6H,1H3,(H,14,15). The first-order valence-electron chi connectivity index (χ1n) is 4.60. The van der Waals surface area contributed by atoms with E-state index in [1.54, 1.807) is 31.5 Å². The first-order chi connectivity index (χ1) is 7.77. The largest absolute Gasteiger partial charge is 0.496 e. The molecular formula is C11H9ClN2O2. The van der Waals surface area contributed by atoms with Crippen molar-refractivity contribution in [3.05, 3.63) is 36.2 Å². The molecule has 0 unspecified atom stereocenters. The van der Waals surface area contributed by atoms with E-state index in [4.69, 9.17) is 16.5 Å². The monoisotopic (exact) mass is 236 g/mol. The van der Waals surface area contributed by atoms with Gasteiger partial charge in [0, 0.05) is 28.7 Å². The van der Waals surface area contributed by atoms with Crippen LogP contribution in [0.1, 0.15) is 10.5 Å². The molecule has 0 saturated heterocycles. The summed E-state index contributed by atoms with van der Waals surface area (Å²) in [6.07, 6.45) is 1.55. The first kappa shape index (κ1) is 10.7. The van der Waals surface area contributed by atoms with Crippen LogP contribution in [0.5, 0.6) is 5.75 Å². The molecule has 0 spiro atoms. The van der Waals surface area contributed by atoms with Crippen molar-refractivity contribution in [2.24, 2.45) is 0 Å². The van der Waals surface area contributed by atoms with Crippen molar-refractivity contribution in [2.75, 3.05) is 7.11 Å². The van der Waals surface area contributed by atoms with Crippen molar-refractivity contribution < 1.29 is 9.53 Å². The van der Waals surface area contributed by atoms with E-state index in [1.807, 2.05) is 10.9 Å². The summed E-state index contributed by atoms with van der Waals surface area (Å²) in [6.45, 7) is 0. The first-order valence-corrected chi connectivity index (χ1v) is 4.98. The van der Waals surface area contributed by atoms with Crippen molar-refractivity contribution in [3.8, 4) is 5.75 Å². The molecule has 1 aromatic heterocycles. The van der Waals surface area contributed by atoms with Crippen molar-refractivity contribution >= 4 is 28.5 Å². The molecule has 1 N–H and O–H groups in total. The van der Waals surface area contributed by atoms with Gasteiger partial charge in [0.05, 0.1) is 7.11 Å². The van der Waals surface area contributed by atoms with Crippen molar-refractivity contribution in [1.82, 2.24) is 9.82 Å². The summed E-state index contributed by atoms with van der Waals surface area (Å²) in [4.78, 5) is 17.5. The number of benzene rings is 1. The second kappa shape index (κ2) is 4.37. The summed E-state index contributed by atoms with van der Waals surface area (Å²) in [6, 6.07) is 7.21. The zero-order valence-corrected chi connectivity index (χ0v) is 9.28. The van der Waals surface area contributed by atoms with Crippen molar-refractivity contribution in [1.29, 1.82) is 0 Å². The number of hydrogen-bond acceptors (Lipinski definition) is 3. The van der Waals surface area contributed by atoms with Gasteiger partial charge in [0.1, 0.15) is 11.4 Å². The van der Waals surface area contributed by atoms with Crippen molar-refractivity contribution in [2.45, 2.75) is 0 Å². The van der Waals surface area contributed by atoms with Gasteiger partial charge in [0.25, 0.3) is 5.91 Å². The molecule has 2 aromatic rings. The summed E-state index contributed by atoms with van der Waals surface area (Å²) >= 11 is 5.29. The van der Waals surface area contributed by atoms with Crippen LogP contribution >= 0.6 is 11.8 Å². The maximum Gasteiger partial charge on any atom is 0.284 e. The molecule has 1 aromatic carbocycles. The molecule has 0 fully saturated rings. The molecular weight excluding hydrogens is 228 g/mol. The fourth-order valence-electron chi connectivity index (χ4n) is 1.58. The number of amides is 1. The minimum absolute atomic E-state index is 0.284. The van der Waals surface area contributed by atoms with Crippen LogP contribution in [0.15, 0.2) is 30.5 Å². The van der Waals surface area contributed by atoms with Crippen LogP contribution in [-0.4, -0.2) is 18.0 Å². The van der Waals surface area contributed by atoms with Crippen molar-refractivity contribution in [3.63, 3.8) is 0 Å². The highest BCUT2D eigenvalue weighted by molar-refractivity contribution is 6.25. The number of carbonyl (C=O) groups is 1. The zero-order valence-electron chi connectivity index (χ0n) is 8.53. The predicted molar refractivity (Wildman–Crippen MR) is 61.6 cm³/mol. The molecule has 0 radical (unpaired) electrons. The number of carbonyl (C=O) groups excluding carboxylic acids is 1. The smallest absolute Gasteiger partial charge is 0.284 e. The molecule has 1 amide bonds. The van der Waals surface area contributed by atoms with Gasteiger partial charge in [0.2, 0.25) is 0 Å². The molecule has 0 aliphatic carbocycles. The Bertz CT molecular complexity index is 542. The molecule has 5 heteroatoms. The minimum atomic E-state index is -0.430. The highest BCUT2D eigenvalue weighted by Gasteiger charge is 2.12. The quantitative estimate of drug-likeness (QED) is 0.813. The van der Waals surface area contributed by atoms with Gasteiger partial charge < -0.3 is 4.74 Å². The minimum Gasteiger partial charge on any atom is -0.496 e. The number of fused-ring (bicyclic) bond motifs is 1. The fraction of sp³-hybridized carbons (Fsp3) is 0.0909. The van der Waals surface area contributed by atoms with E-state index in [0.29, 0.717) is 11.1 Å². The maximum absolute atomic E-state index is 11.5. The van der Waals surface area contributed by atoms with Gasteiger partial charge in [-0.1, -0.05) is 12.1 Å². The highest BCUT2D eigenvalue weighted by Crippen LogP contribution is 2.26. The molecule has 0 saturated carbocycles. The highest BCUT2D eigenvalue weighted by atomic mass is 35.5. The Kier molecular flexibility index (Phi) is 2.92. The van der Waals surface area contributed by atoms with E-state index >= 15 is 0 Å². The fourth-order valence-corrected chi connectivity index (χ4v) is 1.67. The molecule has 0 atom stereocenters. The lowest BCUT2D eigenvalue weighted by molar-refractivity contribution is 0.0979. The van der Waals surface area contributed by atoms with E-state index in [-0.39, 0.29) is 5.69 Å². The lowest BCUT2D eigenvalue weighted by Gasteiger charge is -2.07. The Morgan fingerprint density at radius 2 is 2.19 bits per heavy atom. The zero-order chi connectivity index (χ0) is 11.5. The van der Waals surface area contributed by atoms with Gasteiger partial charge in [0.15, 0.2) is 0 Å². The molecule has 4 nitrogen and oxygen atoms in total.